The summed E-state index contributed by atoms with van der Waals surface area (Å²) in [7, 11) is 0. The van der Waals surface area contributed by atoms with Crippen LogP contribution in [0.4, 0.5) is 4.39 Å². The summed E-state index contributed by atoms with van der Waals surface area (Å²) in [5.41, 5.74) is 7.67. The molecule has 0 amide bonds. The Balaban J connectivity index is 2.26. The fraction of sp³-hybridized carbons (Fsp3) is 0.333. The highest BCUT2D eigenvalue weighted by Gasteiger charge is 2.15. The van der Waals surface area contributed by atoms with Crippen molar-refractivity contribution in [3.63, 3.8) is 0 Å². The standard InChI is InChI=1S/C18H22FNO/c1-12(20)13-8-9-17(16(19)10-13)21-15-7-5-6-14(11-15)18(2,3)4/h5-12H,20H2,1-4H3/t12-/m1/s1. The quantitative estimate of drug-likeness (QED) is 0.868. The van der Waals surface area contributed by atoms with E-state index >= 15 is 0 Å². The number of rotatable bonds is 3. The second kappa shape index (κ2) is 5.86. The molecule has 3 heteroatoms. The summed E-state index contributed by atoms with van der Waals surface area (Å²) in [6.45, 7) is 8.21. The third-order valence-corrected chi connectivity index (χ3v) is 3.41. The minimum atomic E-state index is -0.397. The first-order valence-corrected chi connectivity index (χ1v) is 7.11. The molecule has 0 bridgehead atoms. The van der Waals surface area contributed by atoms with Crippen molar-refractivity contribution < 1.29 is 9.13 Å². The molecule has 0 unspecified atom stereocenters. The maximum atomic E-state index is 14.1. The number of ether oxygens (including phenoxy) is 1. The normalized spacial score (nSPS) is 13.0. The van der Waals surface area contributed by atoms with Crippen LogP contribution in [-0.4, -0.2) is 0 Å². The minimum Gasteiger partial charge on any atom is -0.454 e. The Hall–Kier alpha value is -1.87. The van der Waals surface area contributed by atoms with Crippen LogP contribution in [0.25, 0.3) is 0 Å². The maximum absolute atomic E-state index is 14.1. The van der Waals surface area contributed by atoms with Crippen LogP contribution in [0.15, 0.2) is 42.5 Å². The van der Waals surface area contributed by atoms with Gasteiger partial charge in [-0.05, 0) is 47.7 Å². The van der Waals surface area contributed by atoms with E-state index in [4.69, 9.17) is 10.5 Å². The molecule has 112 valence electrons. The number of hydrogen-bond donors (Lipinski definition) is 1. The van der Waals surface area contributed by atoms with Crippen LogP contribution in [0.2, 0.25) is 0 Å². The lowest BCUT2D eigenvalue weighted by molar-refractivity contribution is 0.439. The molecule has 2 N–H and O–H groups in total. The Morgan fingerprint density at radius 1 is 1.10 bits per heavy atom. The number of hydrogen-bond acceptors (Lipinski definition) is 2. The van der Waals surface area contributed by atoms with Gasteiger partial charge >= 0.3 is 0 Å². The van der Waals surface area contributed by atoms with Gasteiger partial charge in [-0.2, -0.15) is 0 Å². The van der Waals surface area contributed by atoms with E-state index in [1.807, 2.05) is 31.2 Å². The summed E-state index contributed by atoms with van der Waals surface area (Å²) in [6, 6.07) is 12.4. The van der Waals surface area contributed by atoms with Crippen molar-refractivity contribution >= 4 is 0 Å². The topological polar surface area (TPSA) is 35.2 Å². The lowest BCUT2D eigenvalue weighted by Gasteiger charge is -2.19. The largest absolute Gasteiger partial charge is 0.454 e. The predicted octanol–water partition coefficient (Wildman–Crippen LogP) is 4.94. The van der Waals surface area contributed by atoms with Crippen molar-refractivity contribution in [1.29, 1.82) is 0 Å². The van der Waals surface area contributed by atoms with E-state index in [1.54, 1.807) is 12.1 Å². The van der Waals surface area contributed by atoms with E-state index in [0.717, 1.165) is 11.1 Å². The van der Waals surface area contributed by atoms with E-state index < -0.39 is 5.82 Å². The van der Waals surface area contributed by atoms with Gasteiger partial charge in [0.1, 0.15) is 5.75 Å². The molecule has 0 fully saturated rings. The molecular weight excluding hydrogens is 265 g/mol. The van der Waals surface area contributed by atoms with Crippen molar-refractivity contribution in [2.24, 2.45) is 5.73 Å². The van der Waals surface area contributed by atoms with Gasteiger partial charge in [-0.1, -0.05) is 39.0 Å². The van der Waals surface area contributed by atoms with Crippen molar-refractivity contribution in [3.05, 3.63) is 59.4 Å². The van der Waals surface area contributed by atoms with Gasteiger partial charge in [0.05, 0.1) is 0 Å². The fourth-order valence-electron chi connectivity index (χ4n) is 2.04. The molecule has 0 saturated heterocycles. The third-order valence-electron chi connectivity index (χ3n) is 3.41. The number of benzene rings is 2. The Morgan fingerprint density at radius 2 is 1.81 bits per heavy atom. The van der Waals surface area contributed by atoms with Crippen LogP contribution in [-0.2, 0) is 5.41 Å². The average molecular weight is 287 g/mol. The molecule has 2 rings (SSSR count). The fourth-order valence-corrected chi connectivity index (χ4v) is 2.04. The Morgan fingerprint density at radius 3 is 2.38 bits per heavy atom. The molecule has 2 aromatic rings. The Kier molecular flexibility index (Phi) is 4.33. The zero-order valence-corrected chi connectivity index (χ0v) is 13.0. The SMILES string of the molecule is C[C@@H](N)c1ccc(Oc2cccc(C(C)(C)C)c2)c(F)c1. The molecular formula is C18H22FNO. The number of halogens is 1. The first-order chi connectivity index (χ1) is 9.77. The summed E-state index contributed by atoms with van der Waals surface area (Å²) in [4.78, 5) is 0. The highest BCUT2D eigenvalue weighted by atomic mass is 19.1. The molecule has 0 aromatic heterocycles. The Bertz CT molecular complexity index is 629. The van der Waals surface area contributed by atoms with Gasteiger partial charge < -0.3 is 10.5 Å². The second-order valence-electron chi connectivity index (χ2n) is 6.36. The van der Waals surface area contributed by atoms with Crippen LogP contribution in [0.3, 0.4) is 0 Å². The van der Waals surface area contributed by atoms with Gasteiger partial charge in [0, 0.05) is 6.04 Å². The maximum Gasteiger partial charge on any atom is 0.166 e. The molecule has 2 nitrogen and oxygen atoms in total. The Labute approximate surface area is 125 Å². The molecule has 2 aromatic carbocycles. The minimum absolute atomic E-state index is 0.0246. The van der Waals surface area contributed by atoms with E-state index in [-0.39, 0.29) is 17.2 Å². The van der Waals surface area contributed by atoms with E-state index in [0.29, 0.717) is 5.75 Å². The van der Waals surface area contributed by atoms with Crippen LogP contribution < -0.4 is 10.5 Å². The molecule has 0 radical (unpaired) electrons. The van der Waals surface area contributed by atoms with Gasteiger partial charge in [0.2, 0.25) is 0 Å². The monoisotopic (exact) mass is 287 g/mol. The van der Waals surface area contributed by atoms with Gasteiger partial charge in [-0.3, -0.25) is 0 Å². The van der Waals surface area contributed by atoms with Gasteiger partial charge in [0.25, 0.3) is 0 Å². The zero-order valence-electron chi connectivity index (χ0n) is 13.0. The van der Waals surface area contributed by atoms with Gasteiger partial charge in [-0.25, -0.2) is 4.39 Å². The molecule has 0 aliphatic heterocycles. The first kappa shape index (κ1) is 15.5. The van der Waals surface area contributed by atoms with E-state index in [9.17, 15) is 4.39 Å². The van der Waals surface area contributed by atoms with E-state index in [2.05, 4.69) is 20.8 Å². The average Bonchev–Trinajstić information content (AvgIpc) is 2.40. The zero-order chi connectivity index (χ0) is 15.6. The van der Waals surface area contributed by atoms with Gasteiger partial charge in [-0.15, -0.1) is 0 Å². The summed E-state index contributed by atoms with van der Waals surface area (Å²) >= 11 is 0. The van der Waals surface area contributed by atoms with Crippen molar-refractivity contribution in [1.82, 2.24) is 0 Å². The molecule has 0 saturated carbocycles. The van der Waals surface area contributed by atoms with Crippen molar-refractivity contribution in [2.75, 3.05) is 0 Å². The van der Waals surface area contributed by atoms with Crippen molar-refractivity contribution in [3.8, 4) is 11.5 Å². The second-order valence-corrected chi connectivity index (χ2v) is 6.36. The van der Waals surface area contributed by atoms with Crippen LogP contribution in [0, 0.1) is 5.82 Å². The lowest BCUT2D eigenvalue weighted by atomic mass is 9.87. The van der Waals surface area contributed by atoms with Gasteiger partial charge in [0.15, 0.2) is 11.6 Å². The smallest absolute Gasteiger partial charge is 0.166 e. The molecule has 0 spiro atoms. The molecule has 0 heterocycles. The third kappa shape index (κ3) is 3.82. The highest BCUT2D eigenvalue weighted by molar-refractivity contribution is 5.38. The molecule has 0 aliphatic carbocycles. The summed E-state index contributed by atoms with van der Waals surface area (Å²) in [5, 5.41) is 0. The van der Waals surface area contributed by atoms with Crippen LogP contribution in [0.5, 0.6) is 11.5 Å². The number of nitrogens with two attached hydrogens (primary N) is 1. The molecule has 21 heavy (non-hydrogen) atoms. The van der Waals surface area contributed by atoms with Crippen LogP contribution >= 0.6 is 0 Å². The predicted molar refractivity (Wildman–Crippen MR) is 84.2 cm³/mol. The molecule has 1 atom stereocenters. The summed E-state index contributed by atoms with van der Waals surface area (Å²) in [6.07, 6.45) is 0. The first-order valence-electron chi connectivity index (χ1n) is 7.11. The molecule has 0 aliphatic rings. The summed E-state index contributed by atoms with van der Waals surface area (Å²) in [5.74, 6) is 0.450. The lowest BCUT2D eigenvalue weighted by Crippen LogP contribution is -2.10. The van der Waals surface area contributed by atoms with Crippen molar-refractivity contribution in [2.45, 2.75) is 39.2 Å². The summed E-state index contributed by atoms with van der Waals surface area (Å²) < 4.78 is 19.7. The highest BCUT2D eigenvalue weighted by Crippen LogP contribution is 2.30. The van der Waals surface area contributed by atoms with E-state index in [1.165, 1.54) is 6.07 Å². The van der Waals surface area contributed by atoms with Crippen LogP contribution in [0.1, 0.15) is 44.9 Å².